The minimum atomic E-state index is -4.89. The van der Waals surface area contributed by atoms with Crippen molar-refractivity contribution >= 4 is 17.1 Å². The molecule has 0 saturated heterocycles. The fourth-order valence-electron chi connectivity index (χ4n) is 2.73. The van der Waals surface area contributed by atoms with Gasteiger partial charge in [-0.1, -0.05) is 0 Å². The maximum atomic E-state index is 12.9. The Kier molecular flexibility index (Phi) is 3.84. The van der Waals surface area contributed by atoms with Gasteiger partial charge in [0.25, 0.3) is 11.4 Å². The summed E-state index contributed by atoms with van der Waals surface area (Å²) in [6.07, 6.45) is -1.60. The lowest BCUT2D eigenvalue weighted by Crippen LogP contribution is -2.29. The first-order valence-electron chi connectivity index (χ1n) is 7.49. The standard InChI is InChI=1S/C14H14F3N3O4/c15-14(16,17)9-5-11(19(21)22)13(12(6-9)20(23)24)18(10-3-4-10)7-8-1-2-8/h5-6,8,10H,1-4,7H2. The van der Waals surface area contributed by atoms with Gasteiger partial charge in [0.05, 0.1) is 15.4 Å². The van der Waals surface area contributed by atoms with Crippen molar-refractivity contribution in [2.45, 2.75) is 37.9 Å². The minimum absolute atomic E-state index is 0.0836. The number of rotatable bonds is 6. The van der Waals surface area contributed by atoms with Crippen LogP contribution in [0, 0.1) is 26.1 Å². The molecule has 0 radical (unpaired) electrons. The second-order valence-corrected chi connectivity index (χ2v) is 6.20. The average Bonchev–Trinajstić information content (AvgIpc) is 3.35. The third kappa shape index (κ3) is 3.26. The number of nitrogens with zero attached hydrogens (tertiary/aromatic N) is 3. The first-order valence-corrected chi connectivity index (χ1v) is 7.49. The summed E-state index contributed by atoms with van der Waals surface area (Å²) in [7, 11) is 0. The highest BCUT2D eigenvalue weighted by Gasteiger charge is 2.43. The van der Waals surface area contributed by atoms with Crippen molar-refractivity contribution in [3.63, 3.8) is 0 Å². The van der Waals surface area contributed by atoms with Gasteiger partial charge in [-0.15, -0.1) is 0 Å². The summed E-state index contributed by atoms with van der Waals surface area (Å²) in [6, 6.07) is 0.703. The summed E-state index contributed by atoms with van der Waals surface area (Å²) < 4.78 is 38.8. The predicted molar refractivity (Wildman–Crippen MR) is 77.8 cm³/mol. The molecule has 2 aliphatic rings. The van der Waals surface area contributed by atoms with E-state index in [1.165, 1.54) is 0 Å². The topological polar surface area (TPSA) is 89.5 Å². The quantitative estimate of drug-likeness (QED) is 0.576. The number of nitro benzene ring substituents is 2. The first kappa shape index (κ1) is 16.5. The molecule has 0 atom stereocenters. The number of anilines is 1. The zero-order valence-corrected chi connectivity index (χ0v) is 12.5. The molecule has 0 spiro atoms. The molecule has 0 bridgehead atoms. The van der Waals surface area contributed by atoms with Gasteiger partial charge in [0, 0.05) is 24.7 Å². The lowest BCUT2D eigenvalue weighted by Gasteiger charge is -2.24. The zero-order chi connectivity index (χ0) is 17.6. The first-order chi connectivity index (χ1) is 11.2. The Morgan fingerprint density at radius 3 is 1.88 bits per heavy atom. The van der Waals surface area contributed by atoms with E-state index in [2.05, 4.69) is 0 Å². The van der Waals surface area contributed by atoms with Gasteiger partial charge in [-0.05, 0) is 31.6 Å². The second kappa shape index (κ2) is 5.60. The SMILES string of the molecule is O=[N+]([O-])c1cc(C(F)(F)F)cc([N+](=O)[O-])c1N(CC1CC1)C1CC1. The van der Waals surface area contributed by atoms with Crippen LogP contribution in [0.5, 0.6) is 0 Å². The Balaban J connectivity index is 2.17. The smallest absolute Gasteiger partial charge is 0.357 e. The molecule has 0 heterocycles. The molecule has 0 aromatic heterocycles. The largest absolute Gasteiger partial charge is 0.416 e. The minimum Gasteiger partial charge on any atom is -0.357 e. The third-order valence-electron chi connectivity index (χ3n) is 4.22. The van der Waals surface area contributed by atoms with E-state index in [-0.39, 0.29) is 17.6 Å². The molecule has 130 valence electrons. The van der Waals surface area contributed by atoms with Crippen LogP contribution in [0.2, 0.25) is 0 Å². The van der Waals surface area contributed by atoms with E-state index < -0.39 is 33.0 Å². The van der Waals surface area contributed by atoms with Gasteiger partial charge in [0.15, 0.2) is 5.69 Å². The Morgan fingerprint density at radius 2 is 1.54 bits per heavy atom. The Hall–Kier alpha value is -2.39. The van der Waals surface area contributed by atoms with Crippen molar-refractivity contribution in [3.8, 4) is 0 Å². The van der Waals surface area contributed by atoms with Crippen molar-refractivity contribution in [1.82, 2.24) is 0 Å². The van der Waals surface area contributed by atoms with E-state index in [4.69, 9.17) is 0 Å². The van der Waals surface area contributed by atoms with Crippen LogP contribution in [0.4, 0.5) is 30.2 Å². The molecule has 24 heavy (non-hydrogen) atoms. The fourth-order valence-corrected chi connectivity index (χ4v) is 2.73. The van der Waals surface area contributed by atoms with Crippen molar-refractivity contribution in [1.29, 1.82) is 0 Å². The molecule has 0 N–H and O–H groups in total. The summed E-state index contributed by atoms with van der Waals surface area (Å²) in [5.41, 5.74) is -3.40. The molecule has 0 aliphatic heterocycles. The third-order valence-corrected chi connectivity index (χ3v) is 4.22. The lowest BCUT2D eigenvalue weighted by atomic mass is 10.1. The van der Waals surface area contributed by atoms with Crippen LogP contribution in [0.15, 0.2) is 12.1 Å². The van der Waals surface area contributed by atoms with Crippen LogP contribution in [0.1, 0.15) is 31.2 Å². The number of nitro groups is 2. The molecular weight excluding hydrogens is 331 g/mol. The second-order valence-electron chi connectivity index (χ2n) is 6.20. The summed E-state index contributed by atoms with van der Waals surface area (Å²) in [5, 5.41) is 22.6. The van der Waals surface area contributed by atoms with E-state index in [1.807, 2.05) is 0 Å². The molecule has 3 rings (SSSR count). The molecule has 0 unspecified atom stereocenters. The molecule has 1 aromatic rings. The Bertz CT molecular complexity index is 664. The number of alkyl halides is 3. The van der Waals surface area contributed by atoms with Gasteiger partial charge >= 0.3 is 6.18 Å². The van der Waals surface area contributed by atoms with Crippen molar-refractivity contribution in [3.05, 3.63) is 37.9 Å². The normalized spacial score (nSPS) is 17.6. The molecule has 10 heteroatoms. The van der Waals surface area contributed by atoms with Crippen LogP contribution < -0.4 is 4.90 Å². The Morgan fingerprint density at radius 1 is 1.04 bits per heavy atom. The number of hydrogen-bond acceptors (Lipinski definition) is 5. The van der Waals surface area contributed by atoms with Crippen molar-refractivity contribution in [2.75, 3.05) is 11.4 Å². The molecule has 2 aliphatic carbocycles. The molecule has 7 nitrogen and oxygen atoms in total. The fraction of sp³-hybridized carbons (Fsp3) is 0.571. The predicted octanol–water partition coefficient (Wildman–Crippen LogP) is 3.90. The number of hydrogen-bond donors (Lipinski definition) is 0. The highest BCUT2D eigenvalue weighted by Crippen LogP contribution is 2.47. The van der Waals surface area contributed by atoms with Gasteiger partial charge in [0.2, 0.25) is 0 Å². The molecule has 1 aromatic carbocycles. The van der Waals surface area contributed by atoms with E-state index in [9.17, 15) is 33.4 Å². The van der Waals surface area contributed by atoms with Crippen LogP contribution in [0.3, 0.4) is 0 Å². The van der Waals surface area contributed by atoms with Crippen molar-refractivity contribution < 1.29 is 23.0 Å². The van der Waals surface area contributed by atoms with Gasteiger partial charge in [0.1, 0.15) is 0 Å². The molecule has 2 saturated carbocycles. The van der Waals surface area contributed by atoms with Gasteiger partial charge < -0.3 is 4.90 Å². The van der Waals surface area contributed by atoms with Gasteiger partial charge in [-0.3, -0.25) is 20.2 Å². The van der Waals surface area contributed by atoms with Gasteiger partial charge in [-0.2, -0.15) is 13.2 Å². The summed E-state index contributed by atoms with van der Waals surface area (Å²) in [6.45, 7) is 0.401. The molecule has 2 fully saturated rings. The Labute approximate surface area is 134 Å². The van der Waals surface area contributed by atoms with E-state index in [0.29, 0.717) is 18.7 Å². The maximum Gasteiger partial charge on any atom is 0.416 e. The van der Waals surface area contributed by atoms with Gasteiger partial charge in [-0.25, -0.2) is 0 Å². The van der Waals surface area contributed by atoms with Crippen LogP contribution >= 0.6 is 0 Å². The highest BCUT2D eigenvalue weighted by molar-refractivity contribution is 5.77. The lowest BCUT2D eigenvalue weighted by molar-refractivity contribution is -0.393. The van der Waals surface area contributed by atoms with E-state index >= 15 is 0 Å². The zero-order valence-electron chi connectivity index (χ0n) is 12.5. The van der Waals surface area contributed by atoms with Crippen LogP contribution in [-0.4, -0.2) is 22.4 Å². The summed E-state index contributed by atoms with van der Waals surface area (Å²) >= 11 is 0. The van der Waals surface area contributed by atoms with Crippen LogP contribution in [-0.2, 0) is 6.18 Å². The summed E-state index contributed by atoms with van der Waals surface area (Å²) in [5.74, 6) is 0.284. The monoisotopic (exact) mass is 345 g/mol. The van der Waals surface area contributed by atoms with Crippen molar-refractivity contribution in [2.24, 2.45) is 5.92 Å². The van der Waals surface area contributed by atoms with E-state index in [1.54, 1.807) is 4.90 Å². The average molecular weight is 345 g/mol. The molecular formula is C14H14F3N3O4. The van der Waals surface area contributed by atoms with Crippen LogP contribution in [0.25, 0.3) is 0 Å². The number of halogens is 3. The maximum absolute atomic E-state index is 12.9. The van der Waals surface area contributed by atoms with E-state index in [0.717, 1.165) is 25.7 Å². The highest BCUT2D eigenvalue weighted by atomic mass is 19.4. The number of benzene rings is 1. The molecule has 0 amide bonds. The summed E-state index contributed by atoms with van der Waals surface area (Å²) in [4.78, 5) is 22.2.